The van der Waals surface area contributed by atoms with E-state index in [2.05, 4.69) is 5.32 Å². The van der Waals surface area contributed by atoms with Crippen LogP contribution in [0.1, 0.15) is 27.6 Å². The number of esters is 1. The lowest BCUT2D eigenvalue weighted by atomic mass is 10.1. The van der Waals surface area contributed by atoms with Crippen LogP contribution in [0.2, 0.25) is 0 Å². The predicted octanol–water partition coefficient (Wildman–Crippen LogP) is 1.58. The number of carbonyl (C=O) groups is 4. The first-order valence-corrected chi connectivity index (χ1v) is 8.79. The second kappa shape index (κ2) is 7.27. The minimum absolute atomic E-state index is 0.110. The van der Waals surface area contributed by atoms with Crippen molar-refractivity contribution in [3.63, 3.8) is 0 Å². The van der Waals surface area contributed by atoms with E-state index >= 15 is 0 Å². The van der Waals surface area contributed by atoms with E-state index in [1.807, 2.05) is 0 Å². The largest absolute Gasteiger partial charge is 0.454 e. The molecule has 0 aromatic heterocycles. The molecule has 2 aromatic rings. The number of nitrogens with zero attached hydrogens (tertiary/aromatic N) is 1. The molecule has 0 radical (unpaired) electrons. The van der Waals surface area contributed by atoms with Gasteiger partial charge in [0.1, 0.15) is 6.54 Å². The number of nitrogens with one attached hydrogen (secondary N) is 1. The van der Waals surface area contributed by atoms with E-state index in [0.29, 0.717) is 17.2 Å². The summed E-state index contributed by atoms with van der Waals surface area (Å²) in [7, 11) is 0. The fraction of sp³-hybridized carbons (Fsp3) is 0.200. The van der Waals surface area contributed by atoms with Crippen molar-refractivity contribution in [3.05, 3.63) is 53.6 Å². The summed E-state index contributed by atoms with van der Waals surface area (Å²) in [6, 6.07) is 11.2. The summed E-state index contributed by atoms with van der Waals surface area (Å²) < 4.78 is 15.5. The zero-order valence-electron chi connectivity index (χ0n) is 15.3. The molecule has 0 bridgehead atoms. The lowest BCUT2D eigenvalue weighted by molar-refractivity contribution is -0.153. The van der Waals surface area contributed by atoms with Gasteiger partial charge in [-0.2, -0.15) is 0 Å². The Morgan fingerprint density at radius 1 is 1.07 bits per heavy atom. The van der Waals surface area contributed by atoms with Gasteiger partial charge < -0.3 is 19.5 Å². The summed E-state index contributed by atoms with van der Waals surface area (Å²) in [4.78, 5) is 49.8. The van der Waals surface area contributed by atoms with Crippen LogP contribution in [-0.4, -0.2) is 48.0 Å². The molecule has 1 N–H and O–H groups in total. The molecule has 9 heteroatoms. The van der Waals surface area contributed by atoms with E-state index in [1.54, 1.807) is 30.3 Å². The third-order valence-corrected chi connectivity index (χ3v) is 4.48. The molecular weight excluding hydrogens is 380 g/mol. The monoisotopic (exact) mass is 396 g/mol. The molecule has 9 nitrogen and oxygen atoms in total. The van der Waals surface area contributed by atoms with Crippen LogP contribution in [-0.2, 0) is 14.3 Å². The Labute approximate surface area is 165 Å². The van der Waals surface area contributed by atoms with Crippen molar-refractivity contribution in [1.29, 1.82) is 0 Å². The molecule has 3 amide bonds. The van der Waals surface area contributed by atoms with Gasteiger partial charge in [0.05, 0.1) is 11.1 Å². The quantitative estimate of drug-likeness (QED) is 0.603. The van der Waals surface area contributed by atoms with Crippen molar-refractivity contribution in [3.8, 4) is 11.5 Å². The van der Waals surface area contributed by atoms with E-state index in [9.17, 15) is 19.2 Å². The SMILES string of the molecule is CC(OC(=O)CN1C(=O)c2ccccc2C1=O)C(=O)Nc1ccc2c(c1)OCO2. The zero-order chi connectivity index (χ0) is 20.5. The molecule has 4 rings (SSSR count). The van der Waals surface area contributed by atoms with E-state index < -0.39 is 36.3 Å². The molecule has 0 spiro atoms. The number of fused-ring (bicyclic) bond motifs is 2. The normalized spacial score (nSPS) is 15.1. The number of amides is 3. The number of carbonyl (C=O) groups excluding carboxylic acids is 4. The standard InChI is InChI=1S/C20H16N2O7/c1-11(18(24)21-12-6-7-15-16(8-12)28-10-27-15)29-17(23)9-22-19(25)13-4-2-3-5-14(13)20(22)26/h2-8,11H,9-10H2,1H3,(H,21,24). The van der Waals surface area contributed by atoms with Gasteiger partial charge in [0.15, 0.2) is 17.6 Å². The average Bonchev–Trinajstić information content (AvgIpc) is 3.26. The Kier molecular flexibility index (Phi) is 4.63. The van der Waals surface area contributed by atoms with Gasteiger partial charge >= 0.3 is 5.97 Å². The molecule has 2 aromatic carbocycles. The highest BCUT2D eigenvalue weighted by Gasteiger charge is 2.37. The van der Waals surface area contributed by atoms with Gasteiger partial charge in [-0.15, -0.1) is 0 Å². The summed E-state index contributed by atoms with van der Waals surface area (Å²) in [5, 5.41) is 2.60. The Morgan fingerprint density at radius 2 is 1.72 bits per heavy atom. The van der Waals surface area contributed by atoms with Crippen molar-refractivity contribution >= 4 is 29.4 Å². The average molecular weight is 396 g/mol. The maximum absolute atomic E-state index is 12.3. The molecule has 0 fully saturated rings. The van der Waals surface area contributed by atoms with E-state index in [-0.39, 0.29) is 17.9 Å². The van der Waals surface area contributed by atoms with Gasteiger partial charge in [-0.05, 0) is 31.2 Å². The van der Waals surface area contributed by atoms with Crippen LogP contribution in [0.25, 0.3) is 0 Å². The summed E-state index contributed by atoms with van der Waals surface area (Å²) in [5.41, 5.74) is 0.917. The molecule has 2 aliphatic heterocycles. The second-order valence-corrected chi connectivity index (χ2v) is 6.43. The maximum Gasteiger partial charge on any atom is 0.326 e. The molecular formula is C20H16N2O7. The molecule has 2 aliphatic rings. The molecule has 1 unspecified atom stereocenters. The van der Waals surface area contributed by atoms with Gasteiger partial charge in [0, 0.05) is 11.8 Å². The third kappa shape index (κ3) is 3.49. The summed E-state index contributed by atoms with van der Waals surface area (Å²) in [5.74, 6) is -1.51. The van der Waals surface area contributed by atoms with Crippen molar-refractivity contribution in [1.82, 2.24) is 4.90 Å². The van der Waals surface area contributed by atoms with Crippen LogP contribution in [0, 0.1) is 0 Å². The Hall–Kier alpha value is -3.88. The van der Waals surface area contributed by atoms with E-state index in [0.717, 1.165) is 4.90 Å². The number of hydrogen-bond donors (Lipinski definition) is 1. The van der Waals surface area contributed by atoms with Crippen molar-refractivity contribution in [2.75, 3.05) is 18.7 Å². The van der Waals surface area contributed by atoms with Gasteiger partial charge in [0.2, 0.25) is 6.79 Å². The fourth-order valence-corrected chi connectivity index (χ4v) is 3.02. The number of ether oxygens (including phenoxy) is 3. The van der Waals surface area contributed by atoms with Crippen LogP contribution >= 0.6 is 0 Å². The van der Waals surface area contributed by atoms with Crippen molar-refractivity contribution in [2.24, 2.45) is 0 Å². The van der Waals surface area contributed by atoms with Crippen molar-refractivity contribution in [2.45, 2.75) is 13.0 Å². The molecule has 0 saturated heterocycles. The van der Waals surface area contributed by atoms with E-state index in [4.69, 9.17) is 14.2 Å². The van der Waals surface area contributed by atoms with Crippen LogP contribution < -0.4 is 14.8 Å². The summed E-state index contributed by atoms with van der Waals surface area (Å²) in [6.45, 7) is 0.926. The molecule has 29 heavy (non-hydrogen) atoms. The molecule has 148 valence electrons. The highest BCUT2D eigenvalue weighted by Crippen LogP contribution is 2.34. The molecule has 0 saturated carbocycles. The summed E-state index contributed by atoms with van der Waals surface area (Å²) in [6.07, 6.45) is -1.14. The fourth-order valence-electron chi connectivity index (χ4n) is 3.02. The first-order valence-electron chi connectivity index (χ1n) is 8.79. The van der Waals surface area contributed by atoms with Crippen LogP contribution in [0.5, 0.6) is 11.5 Å². The number of rotatable bonds is 5. The predicted molar refractivity (Wildman–Crippen MR) is 98.6 cm³/mol. The first kappa shape index (κ1) is 18.5. The van der Waals surface area contributed by atoms with Gasteiger partial charge in [0.25, 0.3) is 17.7 Å². The highest BCUT2D eigenvalue weighted by molar-refractivity contribution is 6.22. The maximum atomic E-state index is 12.3. The summed E-state index contributed by atoms with van der Waals surface area (Å²) >= 11 is 0. The smallest absolute Gasteiger partial charge is 0.326 e. The number of imide groups is 1. The third-order valence-electron chi connectivity index (χ3n) is 4.48. The lowest BCUT2D eigenvalue weighted by Gasteiger charge is -2.17. The highest BCUT2D eigenvalue weighted by atomic mass is 16.7. The minimum Gasteiger partial charge on any atom is -0.454 e. The number of hydrogen-bond acceptors (Lipinski definition) is 7. The van der Waals surface area contributed by atoms with Gasteiger partial charge in [-0.3, -0.25) is 24.1 Å². The van der Waals surface area contributed by atoms with Crippen LogP contribution in [0.15, 0.2) is 42.5 Å². The topological polar surface area (TPSA) is 111 Å². The Balaban J connectivity index is 1.34. The minimum atomic E-state index is -1.14. The number of anilines is 1. The van der Waals surface area contributed by atoms with Gasteiger partial charge in [-0.1, -0.05) is 12.1 Å². The van der Waals surface area contributed by atoms with Crippen molar-refractivity contribution < 1.29 is 33.4 Å². The Morgan fingerprint density at radius 3 is 2.41 bits per heavy atom. The van der Waals surface area contributed by atoms with Crippen LogP contribution in [0.3, 0.4) is 0 Å². The number of benzene rings is 2. The van der Waals surface area contributed by atoms with Crippen LogP contribution in [0.4, 0.5) is 5.69 Å². The second-order valence-electron chi connectivity index (χ2n) is 6.43. The molecule has 2 heterocycles. The lowest BCUT2D eigenvalue weighted by Crippen LogP contribution is -2.38. The molecule has 1 atom stereocenters. The first-order chi connectivity index (χ1) is 13.9. The molecule has 0 aliphatic carbocycles. The zero-order valence-corrected chi connectivity index (χ0v) is 15.3. The Bertz CT molecular complexity index is 998. The van der Waals surface area contributed by atoms with Gasteiger partial charge in [-0.25, -0.2) is 0 Å². The van der Waals surface area contributed by atoms with E-state index in [1.165, 1.54) is 19.1 Å².